The predicted octanol–water partition coefficient (Wildman–Crippen LogP) is 1.50. The van der Waals surface area contributed by atoms with E-state index in [0.717, 1.165) is 24.3 Å². The van der Waals surface area contributed by atoms with Gasteiger partial charge in [0.25, 0.3) is 5.91 Å². The summed E-state index contributed by atoms with van der Waals surface area (Å²) in [5, 5.41) is 0. The van der Waals surface area contributed by atoms with Crippen LogP contribution in [-0.4, -0.2) is 77.0 Å². The molecule has 0 atom stereocenters. The van der Waals surface area contributed by atoms with Crippen molar-refractivity contribution in [2.75, 3.05) is 46.9 Å². The minimum atomic E-state index is -3.83. The van der Waals surface area contributed by atoms with E-state index in [4.69, 9.17) is 9.47 Å². The minimum absolute atomic E-state index is 0.0271. The number of nitrogens with zero attached hydrogens (tertiary/aromatic N) is 2. The summed E-state index contributed by atoms with van der Waals surface area (Å²) >= 11 is 0. The topological polar surface area (TPSA) is 105 Å². The number of hydrogen-bond donors (Lipinski definition) is 1. The molecule has 0 aromatic heterocycles. The van der Waals surface area contributed by atoms with Gasteiger partial charge in [-0.25, -0.2) is 17.5 Å². The first-order valence-electron chi connectivity index (χ1n) is 10.3. The molecule has 0 spiro atoms. The molecule has 1 aliphatic heterocycles. The first-order valence-corrected chi connectivity index (χ1v) is 11.8. The Morgan fingerprint density at radius 1 is 0.970 bits per heavy atom. The zero-order valence-corrected chi connectivity index (χ0v) is 19.2. The van der Waals surface area contributed by atoms with E-state index in [1.54, 1.807) is 28.0 Å². The van der Waals surface area contributed by atoms with Gasteiger partial charge in [0.2, 0.25) is 15.9 Å². The fraction of sp³-hybridized carbons (Fsp3) is 0.364. The van der Waals surface area contributed by atoms with Crippen LogP contribution >= 0.6 is 0 Å². The lowest BCUT2D eigenvalue weighted by Gasteiger charge is -2.35. The van der Waals surface area contributed by atoms with E-state index in [9.17, 15) is 22.4 Å². The second-order valence-electron chi connectivity index (χ2n) is 7.34. The van der Waals surface area contributed by atoms with Crippen LogP contribution in [0.4, 0.5) is 4.39 Å². The Balaban J connectivity index is 1.50. The number of hydrogen-bond acceptors (Lipinski definition) is 6. The average Bonchev–Trinajstić information content (AvgIpc) is 2.83. The van der Waals surface area contributed by atoms with Crippen LogP contribution in [0.5, 0.6) is 11.5 Å². The van der Waals surface area contributed by atoms with Crippen LogP contribution in [0.3, 0.4) is 0 Å². The third-order valence-corrected chi connectivity index (χ3v) is 6.79. The van der Waals surface area contributed by atoms with Crippen LogP contribution in [0.1, 0.15) is 16.8 Å². The molecule has 11 heteroatoms. The second kappa shape index (κ2) is 10.6. The highest BCUT2D eigenvalue weighted by Gasteiger charge is 2.26. The summed E-state index contributed by atoms with van der Waals surface area (Å²) < 4.78 is 50.2. The maximum atomic E-state index is 13.0. The Kier molecular flexibility index (Phi) is 7.88. The van der Waals surface area contributed by atoms with Crippen molar-refractivity contribution in [1.82, 2.24) is 14.5 Å². The summed E-state index contributed by atoms with van der Waals surface area (Å²) in [5.74, 6) is 0.0342. The molecule has 0 radical (unpaired) electrons. The average molecular weight is 480 g/mol. The molecular weight excluding hydrogens is 453 g/mol. The molecule has 1 heterocycles. The standard InChI is InChI=1S/C22H26FN3O6S/c1-31-17-5-8-19(20(15-17)32-2)22(28)26-13-11-25(12-14-26)21(27)9-10-24-33(29,30)18-6-3-16(23)4-7-18/h3-8,15,24H,9-14H2,1-2H3. The van der Waals surface area contributed by atoms with Crippen molar-refractivity contribution < 1.29 is 31.9 Å². The lowest BCUT2D eigenvalue weighted by atomic mass is 10.1. The molecule has 1 fully saturated rings. The summed E-state index contributed by atoms with van der Waals surface area (Å²) in [4.78, 5) is 28.6. The summed E-state index contributed by atoms with van der Waals surface area (Å²) in [6, 6.07) is 9.40. The maximum absolute atomic E-state index is 13.0. The molecule has 2 aromatic rings. The van der Waals surface area contributed by atoms with Gasteiger partial charge < -0.3 is 19.3 Å². The van der Waals surface area contributed by atoms with Crippen LogP contribution in [-0.2, 0) is 14.8 Å². The van der Waals surface area contributed by atoms with Crippen LogP contribution in [0.25, 0.3) is 0 Å². The maximum Gasteiger partial charge on any atom is 0.257 e. The summed E-state index contributed by atoms with van der Waals surface area (Å²) in [7, 11) is -0.820. The third-order valence-electron chi connectivity index (χ3n) is 5.31. The monoisotopic (exact) mass is 479 g/mol. The fourth-order valence-corrected chi connectivity index (χ4v) is 4.48. The molecule has 1 aliphatic rings. The van der Waals surface area contributed by atoms with Gasteiger partial charge in [-0.05, 0) is 36.4 Å². The van der Waals surface area contributed by atoms with Gasteiger partial charge in [-0.15, -0.1) is 0 Å². The number of ether oxygens (including phenoxy) is 2. The van der Waals surface area contributed by atoms with Crippen LogP contribution in [0.2, 0.25) is 0 Å². The zero-order valence-electron chi connectivity index (χ0n) is 18.4. The van der Waals surface area contributed by atoms with Gasteiger partial charge in [0, 0.05) is 45.2 Å². The summed E-state index contributed by atoms with van der Waals surface area (Å²) in [6.07, 6.45) is -0.0271. The largest absolute Gasteiger partial charge is 0.497 e. The molecule has 33 heavy (non-hydrogen) atoms. The van der Waals surface area contributed by atoms with E-state index in [1.807, 2.05) is 0 Å². The molecule has 3 rings (SSSR count). The molecule has 2 amide bonds. The van der Waals surface area contributed by atoms with Gasteiger partial charge in [-0.1, -0.05) is 0 Å². The quantitative estimate of drug-likeness (QED) is 0.615. The van der Waals surface area contributed by atoms with Crippen molar-refractivity contribution in [3.63, 3.8) is 0 Å². The molecule has 0 saturated carbocycles. The molecule has 1 saturated heterocycles. The van der Waals surface area contributed by atoms with Gasteiger partial charge in [0.15, 0.2) is 0 Å². The molecule has 0 aliphatic carbocycles. The SMILES string of the molecule is COc1ccc(C(=O)N2CCN(C(=O)CCNS(=O)(=O)c3ccc(F)cc3)CC2)c(OC)c1. The van der Waals surface area contributed by atoms with Crippen molar-refractivity contribution in [3.05, 3.63) is 53.8 Å². The lowest BCUT2D eigenvalue weighted by Crippen LogP contribution is -2.51. The first-order chi connectivity index (χ1) is 15.7. The Morgan fingerprint density at radius 2 is 1.61 bits per heavy atom. The van der Waals surface area contributed by atoms with Crippen LogP contribution in [0, 0.1) is 5.82 Å². The number of sulfonamides is 1. The highest BCUT2D eigenvalue weighted by Crippen LogP contribution is 2.26. The summed E-state index contributed by atoms with van der Waals surface area (Å²) in [5.41, 5.74) is 0.410. The van der Waals surface area contributed by atoms with E-state index >= 15 is 0 Å². The molecule has 0 bridgehead atoms. The number of nitrogens with one attached hydrogen (secondary N) is 1. The van der Waals surface area contributed by atoms with Crippen molar-refractivity contribution in [3.8, 4) is 11.5 Å². The van der Waals surface area contributed by atoms with Crippen molar-refractivity contribution in [2.24, 2.45) is 0 Å². The molecule has 1 N–H and O–H groups in total. The predicted molar refractivity (Wildman–Crippen MR) is 118 cm³/mol. The van der Waals surface area contributed by atoms with Gasteiger partial charge in [-0.2, -0.15) is 0 Å². The van der Waals surface area contributed by atoms with Gasteiger partial charge >= 0.3 is 0 Å². The van der Waals surface area contributed by atoms with Crippen molar-refractivity contribution >= 4 is 21.8 Å². The van der Waals surface area contributed by atoms with E-state index in [1.165, 1.54) is 14.2 Å². The number of benzene rings is 2. The van der Waals surface area contributed by atoms with Gasteiger partial charge in [0.05, 0.1) is 24.7 Å². The van der Waals surface area contributed by atoms with Gasteiger partial charge in [0.1, 0.15) is 17.3 Å². The molecular formula is C22H26FN3O6S. The minimum Gasteiger partial charge on any atom is -0.497 e. The van der Waals surface area contributed by atoms with Crippen molar-refractivity contribution in [2.45, 2.75) is 11.3 Å². The van der Waals surface area contributed by atoms with E-state index < -0.39 is 15.8 Å². The number of piperazine rings is 1. The lowest BCUT2D eigenvalue weighted by molar-refractivity contribution is -0.132. The normalized spacial score (nSPS) is 14.2. The molecule has 2 aromatic carbocycles. The van der Waals surface area contributed by atoms with Crippen molar-refractivity contribution in [1.29, 1.82) is 0 Å². The number of halogens is 1. The first kappa shape index (κ1) is 24.5. The molecule has 178 valence electrons. The number of carbonyl (C=O) groups excluding carboxylic acids is 2. The Labute approximate surface area is 192 Å². The summed E-state index contributed by atoms with van der Waals surface area (Å²) in [6.45, 7) is 1.30. The fourth-order valence-electron chi connectivity index (χ4n) is 3.45. The number of rotatable bonds is 8. The van der Waals surface area contributed by atoms with E-state index in [2.05, 4.69) is 4.72 Å². The van der Waals surface area contributed by atoms with E-state index in [-0.39, 0.29) is 29.7 Å². The molecule has 9 nitrogen and oxygen atoms in total. The Morgan fingerprint density at radius 3 is 2.21 bits per heavy atom. The number of amides is 2. The van der Waals surface area contributed by atoms with Gasteiger partial charge in [-0.3, -0.25) is 9.59 Å². The second-order valence-corrected chi connectivity index (χ2v) is 9.11. The molecule has 0 unspecified atom stereocenters. The zero-order chi connectivity index (χ0) is 24.0. The highest BCUT2D eigenvalue weighted by atomic mass is 32.2. The smallest absolute Gasteiger partial charge is 0.257 e. The number of carbonyl (C=O) groups is 2. The third kappa shape index (κ3) is 5.99. The van der Waals surface area contributed by atoms with Crippen LogP contribution < -0.4 is 14.2 Å². The Bertz CT molecular complexity index is 1100. The Hall–Kier alpha value is -3.18. The highest BCUT2D eigenvalue weighted by molar-refractivity contribution is 7.89. The van der Waals surface area contributed by atoms with Crippen LogP contribution in [0.15, 0.2) is 47.4 Å². The van der Waals surface area contributed by atoms with E-state index in [0.29, 0.717) is 43.2 Å². The number of methoxy groups -OCH3 is 2.